The highest BCUT2D eigenvalue weighted by Crippen LogP contribution is 2.33. The van der Waals surface area contributed by atoms with E-state index in [-0.39, 0.29) is 6.04 Å². The van der Waals surface area contributed by atoms with Crippen molar-refractivity contribution in [3.8, 4) is 5.75 Å². The zero-order valence-corrected chi connectivity index (χ0v) is 13.4. The first-order valence-electron chi connectivity index (χ1n) is 6.91. The van der Waals surface area contributed by atoms with E-state index in [0.717, 1.165) is 28.6 Å². The van der Waals surface area contributed by atoms with E-state index in [1.807, 2.05) is 43.3 Å². The van der Waals surface area contributed by atoms with Crippen molar-refractivity contribution in [3.63, 3.8) is 0 Å². The Morgan fingerprint density at radius 2 is 1.86 bits per heavy atom. The maximum atomic E-state index is 6.12. The number of anilines is 1. The lowest BCUT2D eigenvalue weighted by Crippen LogP contribution is -2.20. The van der Waals surface area contributed by atoms with Gasteiger partial charge < -0.3 is 15.4 Å². The molecule has 3 nitrogen and oxygen atoms in total. The Morgan fingerprint density at radius 1 is 1.19 bits per heavy atom. The van der Waals surface area contributed by atoms with Crippen LogP contribution in [0.15, 0.2) is 42.5 Å². The quantitative estimate of drug-likeness (QED) is 0.907. The van der Waals surface area contributed by atoms with Gasteiger partial charge in [0.2, 0.25) is 0 Å². The third kappa shape index (κ3) is 3.69. The van der Waals surface area contributed by atoms with E-state index in [1.54, 1.807) is 7.11 Å². The number of hydrogen-bond donors (Lipinski definition) is 1. The van der Waals surface area contributed by atoms with Crippen molar-refractivity contribution < 1.29 is 4.74 Å². The van der Waals surface area contributed by atoms with Gasteiger partial charge in [-0.25, -0.2) is 0 Å². The van der Waals surface area contributed by atoms with Crippen molar-refractivity contribution in [2.24, 2.45) is 5.73 Å². The molecule has 0 saturated carbocycles. The third-order valence-corrected chi connectivity index (χ3v) is 3.71. The molecule has 0 spiro atoms. The van der Waals surface area contributed by atoms with Gasteiger partial charge >= 0.3 is 0 Å². The summed E-state index contributed by atoms with van der Waals surface area (Å²) in [7, 11) is 3.72. The SMILES string of the molecule is COc1cccc(N(C)Cc2ccc(Cl)cc2)c1C(C)N. The van der Waals surface area contributed by atoms with Crippen LogP contribution >= 0.6 is 11.6 Å². The Kier molecular flexibility index (Phi) is 5.10. The molecule has 2 N–H and O–H groups in total. The van der Waals surface area contributed by atoms with Crippen LogP contribution in [-0.2, 0) is 6.54 Å². The minimum Gasteiger partial charge on any atom is -0.496 e. The van der Waals surface area contributed by atoms with Crippen molar-refractivity contribution in [3.05, 3.63) is 58.6 Å². The second-order valence-corrected chi connectivity index (χ2v) is 5.60. The second kappa shape index (κ2) is 6.83. The molecular weight excluding hydrogens is 284 g/mol. The zero-order valence-electron chi connectivity index (χ0n) is 12.6. The zero-order chi connectivity index (χ0) is 15.4. The van der Waals surface area contributed by atoms with E-state index < -0.39 is 0 Å². The summed E-state index contributed by atoms with van der Waals surface area (Å²) < 4.78 is 5.44. The molecule has 0 fully saturated rings. The molecule has 0 aliphatic carbocycles. The molecule has 0 aromatic heterocycles. The van der Waals surface area contributed by atoms with Crippen LogP contribution in [0.1, 0.15) is 24.1 Å². The highest BCUT2D eigenvalue weighted by molar-refractivity contribution is 6.30. The lowest BCUT2D eigenvalue weighted by atomic mass is 10.0. The molecule has 1 atom stereocenters. The Hall–Kier alpha value is -1.71. The van der Waals surface area contributed by atoms with Gasteiger partial charge in [0.1, 0.15) is 5.75 Å². The van der Waals surface area contributed by atoms with Crippen molar-refractivity contribution in [2.45, 2.75) is 19.5 Å². The van der Waals surface area contributed by atoms with Crippen LogP contribution in [0.4, 0.5) is 5.69 Å². The van der Waals surface area contributed by atoms with Crippen molar-refractivity contribution in [1.82, 2.24) is 0 Å². The summed E-state index contributed by atoms with van der Waals surface area (Å²) in [6, 6.07) is 13.8. The fraction of sp³-hybridized carbons (Fsp3) is 0.294. The number of hydrogen-bond acceptors (Lipinski definition) is 3. The van der Waals surface area contributed by atoms with Gasteiger partial charge in [0, 0.05) is 35.9 Å². The minimum atomic E-state index is -0.0937. The molecule has 2 rings (SSSR count). The molecule has 112 valence electrons. The molecule has 4 heteroatoms. The fourth-order valence-corrected chi connectivity index (χ4v) is 2.58. The van der Waals surface area contributed by atoms with Gasteiger partial charge in [-0.2, -0.15) is 0 Å². The Bertz CT molecular complexity index is 596. The molecular formula is C17H21ClN2O. The molecule has 0 radical (unpaired) electrons. The predicted molar refractivity (Wildman–Crippen MR) is 89.2 cm³/mol. The number of halogens is 1. The highest BCUT2D eigenvalue weighted by Gasteiger charge is 2.16. The fourth-order valence-electron chi connectivity index (χ4n) is 2.45. The summed E-state index contributed by atoms with van der Waals surface area (Å²) in [6.07, 6.45) is 0. The Morgan fingerprint density at radius 3 is 2.43 bits per heavy atom. The molecule has 21 heavy (non-hydrogen) atoms. The normalized spacial score (nSPS) is 12.0. The van der Waals surface area contributed by atoms with Gasteiger partial charge in [-0.1, -0.05) is 29.8 Å². The first-order chi connectivity index (χ1) is 10.0. The highest BCUT2D eigenvalue weighted by atomic mass is 35.5. The Labute approximate surface area is 131 Å². The number of benzene rings is 2. The van der Waals surface area contributed by atoms with E-state index in [2.05, 4.69) is 18.0 Å². The number of nitrogens with zero attached hydrogens (tertiary/aromatic N) is 1. The summed E-state index contributed by atoms with van der Waals surface area (Å²) in [4.78, 5) is 2.17. The maximum absolute atomic E-state index is 6.12. The van der Waals surface area contributed by atoms with Crippen LogP contribution in [0.25, 0.3) is 0 Å². The van der Waals surface area contributed by atoms with Crippen LogP contribution in [0.3, 0.4) is 0 Å². The lowest BCUT2D eigenvalue weighted by molar-refractivity contribution is 0.407. The van der Waals surface area contributed by atoms with Crippen LogP contribution in [0.5, 0.6) is 5.75 Å². The van der Waals surface area contributed by atoms with Crippen LogP contribution < -0.4 is 15.4 Å². The van der Waals surface area contributed by atoms with Gasteiger partial charge in [0.05, 0.1) is 7.11 Å². The molecule has 2 aromatic rings. The van der Waals surface area contributed by atoms with Crippen molar-refractivity contribution in [2.75, 3.05) is 19.1 Å². The first kappa shape index (κ1) is 15.7. The molecule has 0 saturated heterocycles. The maximum Gasteiger partial charge on any atom is 0.125 e. The largest absolute Gasteiger partial charge is 0.496 e. The summed E-state index contributed by atoms with van der Waals surface area (Å²) in [5.74, 6) is 0.824. The van der Waals surface area contributed by atoms with Crippen molar-refractivity contribution in [1.29, 1.82) is 0 Å². The topological polar surface area (TPSA) is 38.5 Å². The van der Waals surface area contributed by atoms with Gasteiger partial charge in [0.25, 0.3) is 0 Å². The van der Waals surface area contributed by atoms with E-state index >= 15 is 0 Å². The Balaban J connectivity index is 2.30. The van der Waals surface area contributed by atoms with Gasteiger partial charge in [-0.15, -0.1) is 0 Å². The summed E-state index contributed by atoms with van der Waals surface area (Å²) in [5.41, 5.74) is 9.42. The van der Waals surface area contributed by atoms with Crippen LogP contribution in [0.2, 0.25) is 5.02 Å². The second-order valence-electron chi connectivity index (χ2n) is 5.16. The first-order valence-corrected chi connectivity index (χ1v) is 7.28. The molecule has 2 aromatic carbocycles. The molecule has 0 heterocycles. The number of rotatable bonds is 5. The van der Waals surface area contributed by atoms with E-state index in [0.29, 0.717) is 0 Å². The number of nitrogens with two attached hydrogens (primary N) is 1. The monoisotopic (exact) mass is 304 g/mol. The van der Waals surface area contributed by atoms with Crippen LogP contribution in [0, 0.1) is 0 Å². The molecule has 1 unspecified atom stereocenters. The summed E-state index contributed by atoms with van der Waals surface area (Å²) >= 11 is 5.92. The number of methoxy groups -OCH3 is 1. The molecule has 0 amide bonds. The van der Waals surface area contributed by atoms with E-state index in [9.17, 15) is 0 Å². The average molecular weight is 305 g/mol. The third-order valence-electron chi connectivity index (χ3n) is 3.46. The number of ether oxygens (including phenoxy) is 1. The standard InChI is InChI=1S/C17H21ClN2O/c1-12(19)17-15(5-4-6-16(17)21-3)20(2)11-13-7-9-14(18)10-8-13/h4-10,12H,11,19H2,1-3H3. The minimum absolute atomic E-state index is 0.0937. The van der Waals surface area contributed by atoms with E-state index in [4.69, 9.17) is 22.1 Å². The lowest BCUT2D eigenvalue weighted by Gasteiger charge is -2.25. The van der Waals surface area contributed by atoms with Gasteiger partial charge in [-0.3, -0.25) is 0 Å². The molecule has 0 bridgehead atoms. The van der Waals surface area contributed by atoms with Gasteiger partial charge in [-0.05, 0) is 36.8 Å². The predicted octanol–water partition coefficient (Wildman–Crippen LogP) is 4.00. The average Bonchev–Trinajstić information content (AvgIpc) is 2.48. The summed E-state index contributed by atoms with van der Waals surface area (Å²) in [6.45, 7) is 2.75. The molecule has 0 aliphatic rings. The van der Waals surface area contributed by atoms with Gasteiger partial charge in [0.15, 0.2) is 0 Å². The smallest absolute Gasteiger partial charge is 0.125 e. The van der Waals surface area contributed by atoms with E-state index in [1.165, 1.54) is 5.56 Å². The molecule has 0 aliphatic heterocycles. The summed E-state index contributed by atoms with van der Waals surface area (Å²) in [5, 5.41) is 0.749. The van der Waals surface area contributed by atoms with Crippen molar-refractivity contribution >= 4 is 17.3 Å². The van der Waals surface area contributed by atoms with Crippen LogP contribution in [-0.4, -0.2) is 14.2 Å².